The highest BCUT2D eigenvalue weighted by atomic mass is 16.5. The van der Waals surface area contributed by atoms with E-state index in [0.717, 1.165) is 29.5 Å². The molecule has 1 rings (SSSR count). The van der Waals surface area contributed by atoms with Gasteiger partial charge in [0, 0.05) is 6.42 Å². The zero-order valence-corrected chi connectivity index (χ0v) is 15.5. The number of esters is 1. The molecule has 130 valence electrons. The van der Waals surface area contributed by atoms with E-state index in [1.165, 1.54) is 0 Å². The Balaban J connectivity index is 2.32. The van der Waals surface area contributed by atoms with E-state index in [2.05, 4.69) is 27.7 Å². The maximum atomic E-state index is 11.8. The summed E-state index contributed by atoms with van der Waals surface area (Å²) in [7, 11) is 0. The van der Waals surface area contributed by atoms with Crippen LogP contribution in [0.5, 0.6) is 5.75 Å². The summed E-state index contributed by atoms with van der Waals surface area (Å²) in [5.41, 5.74) is 3.09. The summed E-state index contributed by atoms with van der Waals surface area (Å²) < 4.78 is 5.34. The predicted molar refractivity (Wildman–Crippen MR) is 94.7 cm³/mol. The number of phenols is 1. The van der Waals surface area contributed by atoms with Gasteiger partial charge >= 0.3 is 5.97 Å². The highest BCUT2D eigenvalue weighted by Gasteiger charge is 2.15. The molecule has 0 saturated heterocycles. The first-order valence-corrected chi connectivity index (χ1v) is 8.53. The van der Waals surface area contributed by atoms with Crippen molar-refractivity contribution in [2.24, 2.45) is 11.3 Å². The fraction of sp³-hybridized carbons (Fsp3) is 0.650. The molecule has 0 aliphatic heterocycles. The standard InChI is InChI=1S/C20H32O3/c1-14(13-20(4,5)6)9-10-23-18(21)8-7-17-11-15(2)19(22)16(3)12-17/h11-12,14,22H,7-10,13H2,1-6H3. The maximum Gasteiger partial charge on any atom is 0.306 e. The first kappa shape index (κ1) is 19.5. The van der Waals surface area contributed by atoms with Crippen molar-refractivity contribution in [2.45, 2.75) is 67.2 Å². The minimum Gasteiger partial charge on any atom is -0.507 e. The largest absolute Gasteiger partial charge is 0.507 e. The van der Waals surface area contributed by atoms with Crippen LogP contribution >= 0.6 is 0 Å². The number of aryl methyl sites for hydroxylation is 3. The molecule has 0 amide bonds. The van der Waals surface area contributed by atoms with Crippen molar-refractivity contribution in [3.8, 4) is 5.75 Å². The number of benzene rings is 1. The normalized spacial score (nSPS) is 13.0. The minimum atomic E-state index is -0.142. The number of hydrogen-bond acceptors (Lipinski definition) is 3. The number of carbonyl (C=O) groups is 1. The van der Waals surface area contributed by atoms with Gasteiger partial charge in [0.25, 0.3) is 0 Å². The zero-order chi connectivity index (χ0) is 17.6. The highest BCUT2D eigenvalue weighted by molar-refractivity contribution is 5.69. The van der Waals surface area contributed by atoms with Gasteiger partial charge in [0.15, 0.2) is 0 Å². The fourth-order valence-corrected chi connectivity index (χ4v) is 3.03. The number of phenolic OH excluding ortho intramolecular Hbond substituents is 1. The lowest BCUT2D eigenvalue weighted by Crippen LogP contribution is -2.14. The Morgan fingerprint density at radius 3 is 2.30 bits per heavy atom. The Bertz CT molecular complexity index is 503. The van der Waals surface area contributed by atoms with Crippen LogP contribution < -0.4 is 0 Å². The van der Waals surface area contributed by atoms with Gasteiger partial charge in [-0.15, -0.1) is 0 Å². The van der Waals surface area contributed by atoms with Crippen LogP contribution in [0, 0.1) is 25.2 Å². The van der Waals surface area contributed by atoms with Crippen LogP contribution in [-0.2, 0) is 16.0 Å². The van der Waals surface area contributed by atoms with Crippen molar-refractivity contribution in [1.82, 2.24) is 0 Å². The molecule has 0 aliphatic carbocycles. The molecular formula is C20H32O3. The lowest BCUT2D eigenvalue weighted by atomic mass is 9.84. The molecule has 1 unspecified atom stereocenters. The quantitative estimate of drug-likeness (QED) is 0.723. The average Bonchev–Trinajstić information content (AvgIpc) is 2.40. The molecule has 23 heavy (non-hydrogen) atoms. The maximum absolute atomic E-state index is 11.8. The van der Waals surface area contributed by atoms with Crippen LogP contribution in [0.3, 0.4) is 0 Å². The molecule has 3 heteroatoms. The molecule has 0 radical (unpaired) electrons. The Labute approximate surface area is 141 Å². The van der Waals surface area contributed by atoms with Crippen molar-refractivity contribution in [1.29, 1.82) is 0 Å². The molecule has 0 heterocycles. The zero-order valence-electron chi connectivity index (χ0n) is 15.5. The van der Waals surface area contributed by atoms with Crippen LogP contribution in [0.1, 0.15) is 63.6 Å². The first-order chi connectivity index (χ1) is 10.6. The van der Waals surface area contributed by atoms with Gasteiger partial charge < -0.3 is 9.84 Å². The summed E-state index contributed by atoms with van der Waals surface area (Å²) in [4.78, 5) is 11.8. The van der Waals surface area contributed by atoms with Gasteiger partial charge in [-0.05, 0) is 61.1 Å². The van der Waals surface area contributed by atoms with E-state index >= 15 is 0 Å². The van der Waals surface area contributed by atoms with E-state index in [1.807, 2.05) is 26.0 Å². The van der Waals surface area contributed by atoms with Crippen LogP contribution in [0.25, 0.3) is 0 Å². The number of hydrogen-bond donors (Lipinski definition) is 1. The van der Waals surface area contributed by atoms with E-state index in [-0.39, 0.29) is 5.97 Å². The lowest BCUT2D eigenvalue weighted by Gasteiger charge is -2.23. The van der Waals surface area contributed by atoms with Crippen LogP contribution in [-0.4, -0.2) is 17.7 Å². The summed E-state index contributed by atoms with van der Waals surface area (Å²) >= 11 is 0. The Kier molecular flexibility index (Phi) is 7.11. The number of rotatable bonds is 7. The second-order valence-electron chi connectivity index (χ2n) is 7.96. The third-order valence-corrected chi connectivity index (χ3v) is 4.00. The van der Waals surface area contributed by atoms with E-state index in [1.54, 1.807) is 0 Å². The molecule has 0 aliphatic rings. The third kappa shape index (κ3) is 7.54. The molecule has 1 aromatic carbocycles. The van der Waals surface area contributed by atoms with E-state index in [9.17, 15) is 9.90 Å². The van der Waals surface area contributed by atoms with Crippen molar-refractivity contribution in [3.63, 3.8) is 0 Å². The molecular weight excluding hydrogens is 288 g/mol. The molecule has 1 N–H and O–H groups in total. The van der Waals surface area contributed by atoms with Gasteiger partial charge in [0.05, 0.1) is 6.61 Å². The van der Waals surface area contributed by atoms with E-state index in [0.29, 0.717) is 36.5 Å². The lowest BCUT2D eigenvalue weighted by molar-refractivity contribution is -0.144. The van der Waals surface area contributed by atoms with Crippen LogP contribution in [0.15, 0.2) is 12.1 Å². The summed E-state index contributed by atoms with van der Waals surface area (Å²) in [6, 6.07) is 3.86. The smallest absolute Gasteiger partial charge is 0.306 e. The molecule has 1 aromatic rings. The molecule has 0 saturated carbocycles. The molecule has 0 bridgehead atoms. The fourth-order valence-electron chi connectivity index (χ4n) is 3.03. The number of carbonyl (C=O) groups excluding carboxylic acids is 1. The van der Waals surface area contributed by atoms with Crippen LogP contribution in [0.2, 0.25) is 0 Å². The van der Waals surface area contributed by atoms with Gasteiger partial charge in [-0.3, -0.25) is 4.79 Å². The van der Waals surface area contributed by atoms with E-state index < -0.39 is 0 Å². The molecule has 0 aromatic heterocycles. The second-order valence-corrected chi connectivity index (χ2v) is 7.96. The van der Waals surface area contributed by atoms with Crippen LogP contribution in [0.4, 0.5) is 0 Å². The summed E-state index contributed by atoms with van der Waals surface area (Å²) in [5.74, 6) is 0.755. The number of ether oxygens (including phenoxy) is 1. The highest BCUT2D eigenvalue weighted by Crippen LogP contribution is 2.26. The average molecular weight is 320 g/mol. The third-order valence-electron chi connectivity index (χ3n) is 4.00. The van der Waals surface area contributed by atoms with Gasteiger partial charge in [-0.25, -0.2) is 0 Å². The molecule has 0 spiro atoms. The van der Waals surface area contributed by atoms with Crippen molar-refractivity contribution in [3.05, 3.63) is 28.8 Å². The Morgan fingerprint density at radius 2 is 1.78 bits per heavy atom. The first-order valence-electron chi connectivity index (χ1n) is 8.53. The Hall–Kier alpha value is -1.51. The monoisotopic (exact) mass is 320 g/mol. The van der Waals surface area contributed by atoms with Crippen molar-refractivity contribution in [2.75, 3.05) is 6.61 Å². The minimum absolute atomic E-state index is 0.142. The number of aromatic hydroxyl groups is 1. The Morgan fingerprint density at radius 1 is 1.22 bits per heavy atom. The molecule has 3 nitrogen and oxygen atoms in total. The van der Waals surface area contributed by atoms with Gasteiger partial charge in [0.1, 0.15) is 5.75 Å². The molecule has 0 fully saturated rings. The molecule has 1 atom stereocenters. The summed E-state index contributed by atoms with van der Waals surface area (Å²) in [6.07, 6.45) is 3.09. The second kappa shape index (κ2) is 8.37. The SMILES string of the molecule is Cc1cc(CCC(=O)OCCC(C)CC(C)(C)C)cc(C)c1O. The van der Waals surface area contributed by atoms with Gasteiger partial charge in [-0.1, -0.05) is 39.8 Å². The van der Waals surface area contributed by atoms with Crippen molar-refractivity contribution >= 4 is 5.97 Å². The topological polar surface area (TPSA) is 46.5 Å². The van der Waals surface area contributed by atoms with Crippen molar-refractivity contribution < 1.29 is 14.6 Å². The summed E-state index contributed by atoms with van der Waals surface area (Å²) in [5, 5.41) is 9.77. The predicted octanol–water partition coefficient (Wildman–Crippen LogP) is 4.95. The van der Waals surface area contributed by atoms with Gasteiger partial charge in [0.2, 0.25) is 0 Å². The van der Waals surface area contributed by atoms with Gasteiger partial charge in [-0.2, -0.15) is 0 Å². The summed E-state index contributed by atoms with van der Waals surface area (Å²) in [6.45, 7) is 13.2. The van der Waals surface area contributed by atoms with E-state index in [4.69, 9.17) is 4.74 Å².